The van der Waals surface area contributed by atoms with Crippen molar-refractivity contribution in [3.8, 4) is 0 Å². The van der Waals surface area contributed by atoms with Crippen LogP contribution in [0.5, 0.6) is 0 Å². The molecule has 20 heavy (non-hydrogen) atoms. The van der Waals surface area contributed by atoms with E-state index in [1.807, 2.05) is 31.2 Å². The molecular formula is C15H16N2O3. The summed E-state index contributed by atoms with van der Waals surface area (Å²) in [6.45, 7) is 3.76. The molecule has 5 heteroatoms. The molecule has 0 spiro atoms. The molecule has 1 aromatic heterocycles. The second kappa shape index (κ2) is 6.06. The molecule has 2 aromatic rings. The number of H-pyrrole nitrogens is 1. The van der Waals surface area contributed by atoms with Crippen LogP contribution in [0.25, 0.3) is 17.0 Å². The first kappa shape index (κ1) is 13.9. The van der Waals surface area contributed by atoms with Gasteiger partial charge in [0.2, 0.25) is 5.78 Å². The summed E-state index contributed by atoms with van der Waals surface area (Å²) in [6.07, 6.45) is 5.13. The van der Waals surface area contributed by atoms with Crippen molar-refractivity contribution < 1.29 is 14.3 Å². The molecule has 0 atom stereocenters. The van der Waals surface area contributed by atoms with E-state index in [0.29, 0.717) is 12.3 Å². The molecule has 0 aliphatic rings. The summed E-state index contributed by atoms with van der Waals surface area (Å²) in [7, 11) is 0. The first-order valence-electron chi connectivity index (χ1n) is 6.33. The monoisotopic (exact) mass is 272 g/mol. The molecule has 1 heterocycles. The first-order valence-corrected chi connectivity index (χ1v) is 6.33. The summed E-state index contributed by atoms with van der Waals surface area (Å²) in [4.78, 5) is 25.5. The van der Waals surface area contributed by atoms with Gasteiger partial charge in [0.15, 0.2) is 0 Å². The molecule has 2 N–H and O–H groups in total. The molecule has 1 aromatic carbocycles. The number of Topliss-reactive ketones (excluding diaryl/α,β-unsaturated/α-hetero) is 1. The Kier molecular flexibility index (Phi) is 4.20. The van der Waals surface area contributed by atoms with Crippen molar-refractivity contribution in [3.05, 3.63) is 36.2 Å². The Morgan fingerprint density at radius 2 is 2.20 bits per heavy atom. The number of ketones is 1. The Labute approximate surface area is 116 Å². The zero-order valence-corrected chi connectivity index (χ0v) is 11.4. The van der Waals surface area contributed by atoms with Gasteiger partial charge < -0.3 is 15.0 Å². The molecule has 2 rings (SSSR count). The molecule has 0 saturated heterocycles. The fourth-order valence-corrected chi connectivity index (χ4v) is 1.78. The van der Waals surface area contributed by atoms with Gasteiger partial charge in [-0.05, 0) is 30.7 Å². The van der Waals surface area contributed by atoms with E-state index in [4.69, 9.17) is 4.74 Å². The van der Waals surface area contributed by atoms with E-state index >= 15 is 0 Å². The van der Waals surface area contributed by atoms with Gasteiger partial charge in [0.1, 0.15) is 0 Å². The van der Waals surface area contributed by atoms with Crippen LogP contribution in [0.1, 0.15) is 19.4 Å². The highest BCUT2D eigenvalue weighted by Crippen LogP contribution is 2.24. The third-order valence-electron chi connectivity index (χ3n) is 2.80. The van der Waals surface area contributed by atoms with Crippen molar-refractivity contribution in [2.24, 2.45) is 0 Å². The van der Waals surface area contributed by atoms with Crippen LogP contribution in [0.2, 0.25) is 0 Å². The molecule has 104 valence electrons. The normalized spacial score (nSPS) is 10.9. The summed E-state index contributed by atoms with van der Waals surface area (Å²) in [5.74, 6) is -1.15. The topological polar surface area (TPSA) is 71.2 Å². The smallest absolute Gasteiger partial charge is 0.291 e. The Morgan fingerprint density at radius 1 is 1.40 bits per heavy atom. The highest BCUT2D eigenvalue weighted by Gasteiger charge is 2.11. The molecule has 5 nitrogen and oxygen atoms in total. The maximum atomic E-state index is 11.4. The van der Waals surface area contributed by atoms with Crippen LogP contribution in [0.4, 0.5) is 5.69 Å². The van der Waals surface area contributed by atoms with Crippen molar-refractivity contribution in [3.63, 3.8) is 0 Å². The van der Waals surface area contributed by atoms with E-state index < -0.39 is 11.7 Å². The lowest BCUT2D eigenvalue weighted by molar-refractivity contribution is -0.133. The summed E-state index contributed by atoms with van der Waals surface area (Å²) in [5, 5.41) is 3.43. The maximum absolute atomic E-state index is 11.4. The maximum Gasteiger partial charge on any atom is 0.291 e. The predicted octanol–water partition coefficient (Wildman–Crippen LogP) is 2.70. The molecule has 0 fully saturated rings. The summed E-state index contributed by atoms with van der Waals surface area (Å²) in [5.41, 5.74) is 2.42. The summed E-state index contributed by atoms with van der Waals surface area (Å²) in [6, 6.07) is 5.76. The Hall–Kier alpha value is -2.56. The number of carbonyl (C=O) groups excluding carboxylic acids is 2. The third kappa shape index (κ3) is 3.06. The number of carbonyl (C=O) groups is 2. The predicted molar refractivity (Wildman–Crippen MR) is 78.3 cm³/mol. The van der Waals surface area contributed by atoms with Crippen molar-refractivity contribution in [1.29, 1.82) is 0 Å². The fourth-order valence-electron chi connectivity index (χ4n) is 1.78. The van der Waals surface area contributed by atoms with Gasteiger partial charge >= 0.3 is 0 Å². The highest BCUT2D eigenvalue weighted by molar-refractivity contribution is 6.40. The van der Waals surface area contributed by atoms with Crippen LogP contribution >= 0.6 is 0 Å². The first-order chi connectivity index (χ1) is 9.61. The minimum atomic E-state index is -0.624. The largest absolute Gasteiger partial charge is 0.501 e. The van der Waals surface area contributed by atoms with Gasteiger partial charge in [-0.15, -0.1) is 0 Å². The number of benzene rings is 1. The van der Waals surface area contributed by atoms with Gasteiger partial charge in [0.05, 0.1) is 18.6 Å². The van der Waals surface area contributed by atoms with Gasteiger partial charge in [-0.25, -0.2) is 0 Å². The molecule has 0 radical (unpaired) electrons. The van der Waals surface area contributed by atoms with Gasteiger partial charge in [-0.3, -0.25) is 9.59 Å². The average molecular weight is 272 g/mol. The number of aromatic nitrogens is 1. The number of amides is 1. The molecule has 0 bridgehead atoms. The van der Waals surface area contributed by atoms with E-state index in [2.05, 4.69) is 10.3 Å². The number of aromatic amines is 1. The minimum absolute atomic E-state index is 0.522. The zero-order chi connectivity index (χ0) is 14.5. The number of hydrogen-bond donors (Lipinski definition) is 2. The van der Waals surface area contributed by atoms with Crippen LogP contribution in [0.15, 0.2) is 30.7 Å². The van der Waals surface area contributed by atoms with Gasteiger partial charge in [-0.1, -0.05) is 6.07 Å². The number of fused-ring (bicyclic) bond motifs is 1. The molecule has 1 amide bonds. The lowest BCUT2D eigenvalue weighted by Crippen LogP contribution is -2.19. The van der Waals surface area contributed by atoms with Crippen LogP contribution in [0, 0.1) is 0 Å². The van der Waals surface area contributed by atoms with Crippen LogP contribution < -0.4 is 5.32 Å². The molecule has 0 saturated carbocycles. The molecule has 0 unspecified atom stereocenters. The summed E-state index contributed by atoms with van der Waals surface area (Å²) >= 11 is 0. The SMILES string of the molecule is CCO/C=C/c1ccc2[nH]cc(NC(=O)C(C)=O)c2c1. The van der Waals surface area contributed by atoms with E-state index in [9.17, 15) is 9.59 Å². The van der Waals surface area contributed by atoms with Gasteiger partial charge in [0, 0.05) is 24.0 Å². The fraction of sp³-hybridized carbons (Fsp3) is 0.200. The highest BCUT2D eigenvalue weighted by atomic mass is 16.5. The van der Waals surface area contributed by atoms with Crippen LogP contribution in [0.3, 0.4) is 0 Å². The Morgan fingerprint density at radius 3 is 2.90 bits per heavy atom. The average Bonchev–Trinajstić information content (AvgIpc) is 2.82. The Balaban J connectivity index is 2.30. The standard InChI is InChI=1S/C15H16N2O3/c1-3-20-7-6-11-4-5-13-12(8-11)14(9-16-13)17-15(19)10(2)18/h4-9,16H,3H2,1-2H3,(H,17,19)/b7-6+. The van der Waals surface area contributed by atoms with E-state index in [0.717, 1.165) is 16.5 Å². The molecule has 0 aliphatic carbocycles. The molecular weight excluding hydrogens is 256 g/mol. The number of ether oxygens (including phenoxy) is 1. The lowest BCUT2D eigenvalue weighted by atomic mass is 10.1. The van der Waals surface area contributed by atoms with Crippen molar-refractivity contribution in [1.82, 2.24) is 4.98 Å². The quantitative estimate of drug-likeness (QED) is 0.649. The van der Waals surface area contributed by atoms with Crippen molar-refractivity contribution in [2.75, 3.05) is 11.9 Å². The number of hydrogen-bond acceptors (Lipinski definition) is 3. The second-order valence-electron chi connectivity index (χ2n) is 4.28. The van der Waals surface area contributed by atoms with E-state index in [1.165, 1.54) is 6.92 Å². The van der Waals surface area contributed by atoms with Crippen LogP contribution in [-0.2, 0) is 14.3 Å². The van der Waals surface area contributed by atoms with E-state index in [-0.39, 0.29) is 0 Å². The number of anilines is 1. The second-order valence-corrected chi connectivity index (χ2v) is 4.28. The van der Waals surface area contributed by atoms with Gasteiger partial charge in [-0.2, -0.15) is 0 Å². The third-order valence-corrected chi connectivity index (χ3v) is 2.80. The Bertz CT molecular complexity index is 671. The van der Waals surface area contributed by atoms with Crippen molar-refractivity contribution in [2.45, 2.75) is 13.8 Å². The van der Waals surface area contributed by atoms with Crippen LogP contribution in [-0.4, -0.2) is 23.3 Å². The van der Waals surface area contributed by atoms with E-state index in [1.54, 1.807) is 12.5 Å². The zero-order valence-electron chi connectivity index (χ0n) is 11.4. The van der Waals surface area contributed by atoms with Crippen molar-refractivity contribution >= 4 is 34.4 Å². The van der Waals surface area contributed by atoms with Gasteiger partial charge in [0.25, 0.3) is 5.91 Å². The number of nitrogens with one attached hydrogen (secondary N) is 2. The lowest BCUT2D eigenvalue weighted by Gasteiger charge is -2.01. The minimum Gasteiger partial charge on any atom is -0.501 e. The molecule has 0 aliphatic heterocycles. The summed E-state index contributed by atoms with van der Waals surface area (Å²) < 4.78 is 5.15. The number of rotatable bonds is 5.